The third-order valence-corrected chi connectivity index (χ3v) is 7.76. The van der Waals surface area contributed by atoms with Crippen LogP contribution in [0.15, 0.2) is 10.7 Å². The number of methoxy groups -OCH3 is 1. The van der Waals surface area contributed by atoms with Crippen LogP contribution in [0.2, 0.25) is 19.6 Å². The van der Waals surface area contributed by atoms with Crippen LogP contribution in [0, 0.1) is 23.7 Å². The molecule has 0 aromatic heterocycles. The van der Waals surface area contributed by atoms with Gasteiger partial charge in [0.2, 0.25) is 0 Å². The fourth-order valence-corrected chi connectivity index (χ4v) is 7.39. The van der Waals surface area contributed by atoms with Crippen molar-refractivity contribution in [1.29, 1.82) is 0 Å². The topological polar surface area (TPSA) is 29.5 Å². The van der Waals surface area contributed by atoms with Crippen LogP contribution in [-0.4, -0.2) is 26.0 Å². The third-order valence-electron chi connectivity index (χ3n) is 5.48. The van der Waals surface area contributed by atoms with E-state index in [1.807, 2.05) is 0 Å². The summed E-state index contributed by atoms with van der Waals surface area (Å²) < 4.78 is 6.79. The molecule has 4 saturated carbocycles. The number of hydrogen-bond acceptors (Lipinski definition) is 2. The molecule has 0 N–H and O–H groups in total. The third kappa shape index (κ3) is 2.65. The molecule has 4 bridgehead atoms. The van der Waals surface area contributed by atoms with Crippen LogP contribution in [0.4, 0.5) is 4.79 Å². The molecule has 0 unspecified atom stereocenters. The number of nitrogens with zero attached hydrogens (tertiary/aromatic N) is 1. The van der Waals surface area contributed by atoms with Crippen molar-refractivity contribution in [3.63, 3.8) is 0 Å². The second-order valence-electron chi connectivity index (χ2n) is 8.03. The molecule has 4 aliphatic carbocycles. The first-order valence-corrected chi connectivity index (χ1v) is 11.9. The van der Waals surface area contributed by atoms with E-state index in [-0.39, 0.29) is 6.09 Å². The quantitative estimate of drug-likeness (QED) is 0.538. The second-order valence-corrected chi connectivity index (χ2v) is 13.2. The molecule has 1 amide bonds. The normalized spacial score (nSPS) is 34.0. The van der Waals surface area contributed by atoms with Crippen LogP contribution in [0.5, 0.6) is 0 Å². The summed E-state index contributed by atoms with van der Waals surface area (Å²) in [6.45, 7) is 6.43. The van der Waals surface area contributed by atoms with E-state index in [4.69, 9.17) is 16.3 Å². The molecule has 0 aromatic rings. The zero-order chi connectivity index (χ0) is 15.4. The molecule has 118 valence electrons. The molecule has 0 radical (unpaired) electrons. The average Bonchev–Trinajstić information content (AvgIpc) is 2.35. The maximum atomic E-state index is 12.3. The van der Waals surface area contributed by atoms with Crippen LogP contribution < -0.4 is 0 Å². The van der Waals surface area contributed by atoms with Crippen LogP contribution in [0.25, 0.3) is 0 Å². The van der Waals surface area contributed by atoms with E-state index in [0.29, 0.717) is 17.0 Å². The molecule has 5 heteroatoms. The minimum Gasteiger partial charge on any atom is -0.453 e. The minimum atomic E-state index is -1.90. The first-order valence-electron chi connectivity index (χ1n) is 8.09. The van der Waals surface area contributed by atoms with Gasteiger partial charge >= 0.3 is 6.09 Å². The van der Waals surface area contributed by atoms with Gasteiger partial charge in [0.25, 0.3) is 0 Å². The van der Waals surface area contributed by atoms with Gasteiger partial charge in [0.15, 0.2) is 8.24 Å². The lowest BCUT2D eigenvalue weighted by atomic mass is 9.54. The summed E-state index contributed by atoms with van der Waals surface area (Å²) in [4.78, 5) is 12.3. The number of carbonyl (C=O) groups is 1. The number of allylic oxidation sites excluding steroid dienone is 1. The predicted octanol–water partition coefficient (Wildman–Crippen LogP) is 4.80. The number of rotatable bonds is 2. The smallest absolute Gasteiger partial charge is 0.406 e. The molecule has 0 saturated heterocycles. The van der Waals surface area contributed by atoms with Gasteiger partial charge in [0.1, 0.15) is 5.16 Å². The largest absolute Gasteiger partial charge is 0.453 e. The summed E-state index contributed by atoms with van der Waals surface area (Å²) in [5, 5.41) is 0.704. The first-order chi connectivity index (χ1) is 9.81. The van der Waals surface area contributed by atoms with Crippen molar-refractivity contribution in [2.45, 2.75) is 51.7 Å². The van der Waals surface area contributed by atoms with Gasteiger partial charge in [0, 0.05) is 0 Å². The Bertz CT molecular complexity index is 453. The zero-order valence-electron chi connectivity index (χ0n) is 13.5. The van der Waals surface area contributed by atoms with E-state index in [2.05, 4.69) is 19.6 Å². The fraction of sp³-hybridized carbons (Fsp3) is 0.812. The summed E-state index contributed by atoms with van der Waals surface area (Å²) in [6, 6.07) is 0. The van der Waals surface area contributed by atoms with Crippen molar-refractivity contribution >= 4 is 25.9 Å². The van der Waals surface area contributed by atoms with Crippen molar-refractivity contribution in [3.05, 3.63) is 10.7 Å². The highest BCUT2D eigenvalue weighted by molar-refractivity contribution is 6.76. The summed E-state index contributed by atoms with van der Waals surface area (Å²) >= 11 is 6.79. The van der Waals surface area contributed by atoms with E-state index in [0.717, 1.165) is 11.8 Å². The molecule has 3 nitrogen and oxygen atoms in total. The highest BCUT2D eigenvalue weighted by Gasteiger charge is 2.48. The molecule has 0 spiro atoms. The zero-order valence-corrected chi connectivity index (χ0v) is 15.2. The maximum Gasteiger partial charge on any atom is 0.406 e. The van der Waals surface area contributed by atoms with E-state index >= 15 is 0 Å². The second kappa shape index (κ2) is 5.30. The maximum absolute atomic E-state index is 12.3. The molecule has 4 aliphatic rings. The summed E-state index contributed by atoms with van der Waals surface area (Å²) in [5.41, 5.74) is 1.37. The molecule has 0 aliphatic heterocycles. The first kappa shape index (κ1) is 15.4. The Balaban J connectivity index is 1.98. The average molecular weight is 328 g/mol. The lowest BCUT2D eigenvalue weighted by Crippen LogP contribution is -2.50. The van der Waals surface area contributed by atoms with Gasteiger partial charge in [-0.25, -0.2) is 4.79 Å². The van der Waals surface area contributed by atoms with Crippen LogP contribution in [0.3, 0.4) is 0 Å². The molecular weight excluding hydrogens is 302 g/mol. The van der Waals surface area contributed by atoms with Crippen LogP contribution in [-0.2, 0) is 4.74 Å². The number of amides is 1. The van der Waals surface area contributed by atoms with Crippen LogP contribution in [0.1, 0.15) is 32.1 Å². The number of ether oxygens (including phenoxy) is 1. The summed E-state index contributed by atoms with van der Waals surface area (Å²) in [7, 11) is -0.457. The van der Waals surface area contributed by atoms with Gasteiger partial charge in [-0.1, -0.05) is 31.2 Å². The van der Waals surface area contributed by atoms with E-state index in [1.165, 1.54) is 44.8 Å². The molecule has 0 heterocycles. The SMILES string of the molecule is COC(=O)N(C(Cl)=C1C2CC3CC(C2)CC1C3)[Si](C)(C)C. The molecule has 0 aromatic carbocycles. The highest BCUT2D eigenvalue weighted by Crippen LogP contribution is 2.57. The van der Waals surface area contributed by atoms with Gasteiger partial charge in [-0.05, 0) is 61.3 Å². The highest BCUT2D eigenvalue weighted by atomic mass is 35.5. The molecule has 0 atom stereocenters. The van der Waals surface area contributed by atoms with Gasteiger partial charge in [-0.3, -0.25) is 4.57 Å². The molecule has 4 fully saturated rings. The fourth-order valence-electron chi connectivity index (χ4n) is 4.90. The van der Waals surface area contributed by atoms with Crippen molar-refractivity contribution in [2.24, 2.45) is 23.7 Å². The monoisotopic (exact) mass is 327 g/mol. The number of halogens is 1. The lowest BCUT2D eigenvalue weighted by molar-refractivity contribution is 0.0673. The van der Waals surface area contributed by atoms with Crippen molar-refractivity contribution < 1.29 is 9.53 Å². The van der Waals surface area contributed by atoms with Gasteiger partial charge < -0.3 is 4.74 Å². The molecule has 4 rings (SSSR count). The number of carbonyl (C=O) groups excluding carboxylic acids is 1. The van der Waals surface area contributed by atoms with E-state index < -0.39 is 8.24 Å². The van der Waals surface area contributed by atoms with Crippen molar-refractivity contribution in [3.8, 4) is 0 Å². The van der Waals surface area contributed by atoms with Crippen molar-refractivity contribution in [1.82, 2.24) is 4.57 Å². The Kier molecular flexibility index (Phi) is 3.89. The van der Waals surface area contributed by atoms with Gasteiger partial charge in [-0.2, -0.15) is 0 Å². The van der Waals surface area contributed by atoms with Gasteiger partial charge in [0.05, 0.1) is 7.11 Å². The van der Waals surface area contributed by atoms with Gasteiger partial charge in [-0.15, -0.1) is 0 Å². The Hall–Kier alpha value is -0.483. The summed E-state index contributed by atoms with van der Waals surface area (Å²) in [5.74, 6) is 3.02. The lowest BCUT2D eigenvalue weighted by Gasteiger charge is -2.52. The summed E-state index contributed by atoms with van der Waals surface area (Å²) in [6.07, 6.45) is 6.24. The van der Waals surface area contributed by atoms with E-state index in [9.17, 15) is 4.79 Å². The Morgan fingerprint density at radius 1 is 1.10 bits per heavy atom. The Morgan fingerprint density at radius 2 is 1.57 bits per heavy atom. The number of hydrogen-bond donors (Lipinski definition) is 0. The molecule has 21 heavy (non-hydrogen) atoms. The van der Waals surface area contributed by atoms with E-state index in [1.54, 1.807) is 4.57 Å². The van der Waals surface area contributed by atoms with Crippen LogP contribution >= 0.6 is 11.6 Å². The standard InChI is InChI=1S/C16H26ClNO2Si/c1-20-16(19)18(21(2,3)4)15(17)14-12-6-10-5-11(8-12)9-13(14)7-10/h10-13H,5-9H2,1-4H3. The minimum absolute atomic E-state index is 0.291. The Labute approximate surface area is 133 Å². The van der Waals surface area contributed by atoms with Crippen molar-refractivity contribution in [2.75, 3.05) is 7.11 Å². The molecular formula is C16H26ClNO2Si. The Morgan fingerprint density at radius 3 is 1.95 bits per heavy atom. The predicted molar refractivity (Wildman–Crippen MR) is 87.5 cm³/mol.